The second kappa shape index (κ2) is 4.31. The first-order chi connectivity index (χ1) is 7.27. The highest BCUT2D eigenvalue weighted by atomic mass is 16.6. The molecular formula is C11H13NO3. The van der Waals surface area contributed by atoms with E-state index in [-0.39, 0.29) is 6.09 Å². The maximum absolute atomic E-state index is 11.1. The molecule has 80 valence electrons. The molecule has 0 aliphatic carbocycles. The molecule has 2 rings (SSSR count). The van der Waals surface area contributed by atoms with Gasteiger partial charge in [-0.25, -0.2) is 4.79 Å². The van der Waals surface area contributed by atoms with Crippen LogP contribution in [0.2, 0.25) is 0 Å². The summed E-state index contributed by atoms with van der Waals surface area (Å²) in [6, 6.07) is 9.29. The van der Waals surface area contributed by atoms with Gasteiger partial charge in [0, 0.05) is 0 Å². The second-order valence-corrected chi connectivity index (χ2v) is 3.49. The lowest BCUT2D eigenvalue weighted by molar-refractivity contribution is 0.118. The van der Waals surface area contributed by atoms with Crippen LogP contribution in [-0.4, -0.2) is 35.8 Å². The fourth-order valence-corrected chi connectivity index (χ4v) is 1.58. The molecule has 15 heavy (non-hydrogen) atoms. The summed E-state index contributed by atoms with van der Waals surface area (Å²) in [6.45, 7) is 1.27. The summed E-state index contributed by atoms with van der Waals surface area (Å²) in [7, 11) is 0. The van der Waals surface area contributed by atoms with Gasteiger partial charge in [-0.3, -0.25) is 0 Å². The Balaban J connectivity index is 1.98. The summed E-state index contributed by atoms with van der Waals surface area (Å²) in [6.07, 6.45) is -0.984. The molecule has 1 heterocycles. The van der Waals surface area contributed by atoms with Crippen LogP contribution in [-0.2, 0) is 4.74 Å². The van der Waals surface area contributed by atoms with Crippen molar-refractivity contribution < 1.29 is 14.6 Å². The number of cyclic esters (lactones) is 1. The van der Waals surface area contributed by atoms with E-state index in [1.807, 2.05) is 30.3 Å². The van der Waals surface area contributed by atoms with Crippen molar-refractivity contribution >= 4 is 6.09 Å². The van der Waals surface area contributed by atoms with Crippen LogP contribution in [0.25, 0.3) is 0 Å². The molecule has 0 bridgehead atoms. The summed E-state index contributed by atoms with van der Waals surface area (Å²) in [5.41, 5.74) is 0.817. The maximum Gasteiger partial charge on any atom is 0.410 e. The first-order valence-corrected chi connectivity index (χ1v) is 4.92. The van der Waals surface area contributed by atoms with Crippen LogP contribution in [0.3, 0.4) is 0 Å². The van der Waals surface area contributed by atoms with Crippen LogP contribution >= 0.6 is 0 Å². The van der Waals surface area contributed by atoms with E-state index < -0.39 is 6.10 Å². The average molecular weight is 207 g/mol. The molecule has 1 aromatic rings. The van der Waals surface area contributed by atoms with Gasteiger partial charge in [0.2, 0.25) is 0 Å². The van der Waals surface area contributed by atoms with Crippen molar-refractivity contribution in [2.45, 2.75) is 6.10 Å². The first kappa shape index (κ1) is 9.98. The number of hydrogen-bond donors (Lipinski definition) is 1. The van der Waals surface area contributed by atoms with Gasteiger partial charge >= 0.3 is 6.09 Å². The third-order valence-corrected chi connectivity index (χ3v) is 2.42. The summed E-state index contributed by atoms with van der Waals surface area (Å²) in [5.74, 6) is 0. The normalized spacial score (nSPS) is 17.7. The molecule has 1 saturated heterocycles. The predicted molar refractivity (Wildman–Crippen MR) is 54.3 cm³/mol. The molecule has 4 nitrogen and oxygen atoms in total. The van der Waals surface area contributed by atoms with Crippen molar-refractivity contribution in [3.05, 3.63) is 35.9 Å². The Morgan fingerprint density at radius 3 is 2.73 bits per heavy atom. The van der Waals surface area contributed by atoms with Crippen LogP contribution in [0.5, 0.6) is 0 Å². The van der Waals surface area contributed by atoms with Crippen molar-refractivity contribution in [1.82, 2.24) is 4.90 Å². The zero-order valence-corrected chi connectivity index (χ0v) is 8.30. The van der Waals surface area contributed by atoms with E-state index in [1.165, 1.54) is 4.90 Å². The van der Waals surface area contributed by atoms with Crippen molar-refractivity contribution in [2.75, 3.05) is 19.7 Å². The van der Waals surface area contributed by atoms with Gasteiger partial charge in [-0.15, -0.1) is 0 Å². The zero-order chi connectivity index (χ0) is 10.7. The molecule has 1 N–H and O–H groups in total. The number of ether oxygens (including phenoxy) is 1. The van der Waals surface area contributed by atoms with Gasteiger partial charge < -0.3 is 14.7 Å². The smallest absolute Gasteiger partial charge is 0.410 e. The molecule has 1 fully saturated rings. The number of aliphatic hydroxyl groups excluding tert-OH is 1. The van der Waals surface area contributed by atoms with E-state index in [0.717, 1.165) is 5.56 Å². The third kappa shape index (κ3) is 2.27. The van der Waals surface area contributed by atoms with Crippen LogP contribution < -0.4 is 0 Å². The van der Waals surface area contributed by atoms with E-state index in [4.69, 9.17) is 4.74 Å². The van der Waals surface area contributed by atoms with Gasteiger partial charge in [-0.1, -0.05) is 30.3 Å². The number of aliphatic hydroxyl groups is 1. The molecule has 0 saturated carbocycles. The fourth-order valence-electron chi connectivity index (χ4n) is 1.58. The number of rotatable bonds is 3. The number of carbonyl (C=O) groups is 1. The number of benzene rings is 1. The monoisotopic (exact) mass is 207 g/mol. The summed E-state index contributed by atoms with van der Waals surface area (Å²) < 4.78 is 4.78. The molecule has 1 aliphatic rings. The van der Waals surface area contributed by atoms with E-state index in [0.29, 0.717) is 19.7 Å². The Labute approximate surface area is 88.1 Å². The summed E-state index contributed by atoms with van der Waals surface area (Å²) >= 11 is 0. The summed E-state index contributed by atoms with van der Waals surface area (Å²) in [5, 5.41) is 9.85. The van der Waals surface area contributed by atoms with Crippen LogP contribution in [0.15, 0.2) is 30.3 Å². The third-order valence-electron chi connectivity index (χ3n) is 2.42. The molecular weight excluding hydrogens is 194 g/mol. The quantitative estimate of drug-likeness (QED) is 0.809. The lowest BCUT2D eigenvalue weighted by Crippen LogP contribution is -2.29. The number of amides is 1. The Morgan fingerprint density at radius 2 is 2.13 bits per heavy atom. The fraction of sp³-hybridized carbons (Fsp3) is 0.364. The highest BCUT2D eigenvalue weighted by Crippen LogP contribution is 2.15. The minimum atomic E-state index is -0.642. The van der Waals surface area contributed by atoms with Crippen LogP contribution in [0, 0.1) is 0 Å². The van der Waals surface area contributed by atoms with Gasteiger partial charge in [-0.05, 0) is 5.56 Å². The van der Waals surface area contributed by atoms with Gasteiger partial charge in [-0.2, -0.15) is 0 Å². The van der Waals surface area contributed by atoms with Crippen molar-refractivity contribution in [3.8, 4) is 0 Å². The Bertz CT molecular complexity index is 339. The molecule has 1 aromatic carbocycles. The van der Waals surface area contributed by atoms with E-state index in [2.05, 4.69) is 0 Å². The van der Waals surface area contributed by atoms with Crippen molar-refractivity contribution in [3.63, 3.8) is 0 Å². The zero-order valence-electron chi connectivity index (χ0n) is 8.30. The SMILES string of the molecule is O=C1OCCN1C[C@H](O)c1ccccc1. The Kier molecular flexibility index (Phi) is 2.87. The van der Waals surface area contributed by atoms with Gasteiger partial charge in [0.15, 0.2) is 0 Å². The van der Waals surface area contributed by atoms with Gasteiger partial charge in [0.25, 0.3) is 0 Å². The Hall–Kier alpha value is -1.55. The second-order valence-electron chi connectivity index (χ2n) is 3.49. The predicted octanol–water partition coefficient (Wildman–Crippen LogP) is 1.17. The Morgan fingerprint density at radius 1 is 1.40 bits per heavy atom. The van der Waals surface area contributed by atoms with Crippen molar-refractivity contribution in [2.24, 2.45) is 0 Å². The van der Waals surface area contributed by atoms with E-state index in [9.17, 15) is 9.90 Å². The minimum Gasteiger partial charge on any atom is -0.448 e. The number of hydrogen-bond acceptors (Lipinski definition) is 3. The largest absolute Gasteiger partial charge is 0.448 e. The minimum absolute atomic E-state index is 0.294. The maximum atomic E-state index is 11.1. The number of β-amino-alcohol motifs (C(OH)–C–C–N with tert-alkyl or cyclic N) is 1. The first-order valence-electron chi connectivity index (χ1n) is 4.92. The van der Waals surface area contributed by atoms with E-state index in [1.54, 1.807) is 0 Å². The van der Waals surface area contributed by atoms with Crippen LogP contribution in [0.4, 0.5) is 4.79 Å². The van der Waals surface area contributed by atoms with Crippen LogP contribution in [0.1, 0.15) is 11.7 Å². The molecule has 1 amide bonds. The lowest BCUT2D eigenvalue weighted by Gasteiger charge is -2.17. The molecule has 0 radical (unpaired) electrons. The number of nitrogens with zero attached hydrogens (tertiary/aromatic N) is 1. The summed E-state index contributed by atoms with van der Waals surface area (Å²) in [4.78, 5) is 12.6. The molecule has 4 heteroatoms. The van der Waals surface area contributed by atoms with E-state index >= 15 is 0 Å². The number of carbonyl (C=O) groups excluding carboxylic acids is 1. The van der Waals surface area contributed by atoms with Crippen molar-refractivity contribution in [1.29, 1.82) is 0 Å². The molecule has 0 spiro atoms. The molecule has 0 aromatic heterocycles. The van der Waals surface area contributed by atoms with Gasteiger partial charge in [0.1, 0.15) is 6.61 Å². The molecule has 1 atom stereocenters. The highest BCUT2D eigenvalue weighted by molar-refractivity contribution is 5.69. The highest BCUT2D eigenvalue weighted by Gasteiger charge is 2.24. The molecule has 0 unspecified atom stereocenters. The average Bonchev–Trinajstić information content (AvgIpc) is 2.66. The molecule has 1 aliphatic heterocycles. The standard InChI is InChI=1S/C11H13NO3/c13-10(9-4-2-1-3-5-9)8-12-6-7-15-11(12)14/h1-5,10,13H,6-8H2/t10-/m0/s1. The van der Waals surface area contributed by atoms with Gasteiger partial charge in [0.05, 0.1) is 19.2 Å². The topological polar surface area (TPSA) is 49.8 Å². The lowest BCUT2D eigenvalue weighted by atomic mass is 10.1.